The Bertz CT molecular complexity index is 843. The molecule has 8 heteroatoms. The Kier molecular flexibility index (Phi) is 7.41. The smallest absolute Gasteiger partial charge is 0.169 e. The fourth-order valence-corrected chi connectivity index (χ4v) is 4.00. The van der Waals surface area contributed by atoms with Crippen LogP contribution in [0.1, 0.15) is 37.0 Å². The van der Waals surface area contributed by atoms with Gasteiger partial charge in [-0.3, -0.25) is 9.80 Å². The van der Waals surface area contributed by atoms with Gasteiger partial charge in [0.1, 0.15) is 5.76 Å². The summed E-state index contributed by atoms with van der Waals surface area (Å²) >= 11 is 0. The van der Waals surface area contributed by atoms with Crippen molar-refractivity contribution >= 4 is 12.4 Å². The second-order valence-electron chi connectivity index (χ2n) is 7.76. The van der Waals surface area contributed by atoms with E-state index in [9.17, 15) is 0 Å². The molecule has 3 heterocycles. The molecule has 0 amide bonds. The summed E-state index contributed by atoms with van der Waals surface area (Å²) < 4.78 is 7.45. The Morgan fingerprint density at radius 2 is 1.72 bits per heavy atom. The molecule has 0 spiro atoms. The molecule has 1 aromatic carbocycles. The highest BCUT2D eigenvalue weighted by Crippen LogP contribution is 2.28. The molecule has 0 N–H and O–H groups in total. The number of hydrogen-bond donors (Lipinski definition) is 0. The number of furan rings is 1. The number of hydrogen-bond acceptors (Lipinski definition) is 6. The number of piperazine rings is 1. The van der Waals surface area contributed by atoms with Crippen LogP contribution in [0.15, 0.2) is 53.1 Å². The van der Waals surface area contributed by atoms with Gasteiger partial charge in [-0.05, 0) is 34.0 Å². The number of tetrazole rings is 1. The molecule has 2 aromatic heterocycles. The molecule has 1 unspecified atom stereocenters. The van der Waals surface area contributed by atoms with Crippen molar-refractivity contribution in [3.05, 3.63) is 65.9 Å². The molecule has 1 aliphatic rings. The predicted octanol–water partition coefficient (Wildman–Crippen LogP) is 3.25. The van der Waals surface area contributed by atoms with Crippen LogP contribution in [0.2, 0.25) is 0 Å². The highest BCUT2D eigenvalue weighted by atomic mass is 35.5. The molecule has 3 aromatic rings. The zero-order valence-electron chi connectivity index (χ0n) is 17.0. The van der Waals surface area contributed by atoms with Gasteiger partial charge in [-0.15, -0.1) is 17.5 Å². The van der Waals surface area contributed by atoms with Crippen molar-refractivity contribution in [2.24, 2.45) is 5.92 Å². The summed E-state index contributed by atoms with van der Waals surface area (Å²) in [5, 5.41) is 12.7. The average molecular weight is 417 g/mol. The molecule has 1 aliphatic heterocycles. The van der Waals surface area contributed by atoms with E-state index in [1.165, 1.54) is 5.56 Å². The van der Waals surface area contributed by atoms with Gasteiger partial charge in [0.15, 0.2) is 5.82 Å². The predicted molar refractivity (Wildman–Crippen MR) is 114 cm³/mol. The molecule has 4 rings (SSSR count). The number of rotatable bonds is 7. The Hall–Kier alpha value is -2.22. The van der Waals surface area contributed by atoms with E-state index in [2.05, 4.69) is 63.4 Å². The van der Waals surface area contributed by atoms with Crippen LogP contribution in [0.3, 0.4) is 0 Å². The average Bonchev–Trinajstić information content (AvgIpc) is 3.37. The standard InChI is InChI=1S/C21H28N6O.ClH/c1-17(2)20(21-22-23-24-27(21)15-18-7-4-3-5-8-18)26-12-10-25(11-13-26)16-19-9-6-14-28-19;/h3-9,14,17,20H,10-13,15-16H2,1-2H3;1H. The Morgan fingerprint density at radius 3 is 2.38 bits per heavy atom. The molecule has 0 radical (unpaired) electrons. The highest BCUT2D eigenvalue weighted by Gasteiger charge is 2.31. The van der Waals surface area contributed by atoms with Gasteiger partial charge in [-0.25, -0.2) is 4.68 Å². The molecule has 7 nitrogen and oxygen atoms in total. The molecule has 29 heavy (non-hydrogen) atoms. The van der Waals surface area contributed by atoms with E-state index in [-0.39, 0.29) is 18.4 Å². The number of halogens is 1. The first kappa shape index (κ1) is 21.5. The zero-order chi connectivity index (χ0) is 19.3. The van der Waals surface area contributed by atoms with Crippen LogP contribution < -0.4 is 0 Å². The minimum absolute atomic E-state index is 0. The molecule has 0 bridgehead atoms. The van der Waals surface area contributed by atoms with Gasteiger partial charge in [0.25, 0.3) is 0 Å². The fourth-order valence-electron chi connectivity index (χ4n) is 4.00. The number of aromatic nitrogens is 4. The van der Waals surface area contributed by atoms with Crippen molar-refractivity contribution in [2.45, 2.75) is 33.0 Å². The van der Waals surface area contributed by atoms with E-state index >= 15 is 0 Å². The van der Waals surface area contributed by atoms with Crippen LogP contribution >= 0.6 is 12.4 Å². The van der Waals surface area contributed by atoms with Gasteiger partial charge < -0.3 is 4.42 Å². The first-order valence-corrected chi connectivity index (χ1v) is 9.99. The summed E-state index contributed by atoms with van der Waals surface area (Å²) in [7, 11) is 0. The zero-order valence-corrected chi connectivity index (χ0v) is 17.8. The monoisotopic (exact) mass is 416 g/mol. The summed E-state index contributed by atoms with van der Waals surface area (Å²) in [5.41, 5.74) is 1.21. The van der Waals surface area contributed by atoms with E-state index < -0.39 is 0 Å². The fraction of sp³-hybridized carbons (Fsp3) is 0.476. The van der Waals surface area contributed by atoms with Crippen molar-refractivity contribution in [2.75, 3.05) is 26.2 Å². The quantitative estimate of drug-likeness (QED) is 0.589. The summed E-state index contributed by atoms with van der Waals surface area (Å²) in [6.07, 6.45) is 1.74. The maximum atomic E-state index is 5.49. The normalized spacial score (nSPS) is 16.7. The Balaban J connectivity index is 0.00000240. The lowest BCUT2D eigenvalue weighted by Crippen LogP contribution is -2.48. The van der Waals surface area contributed by atoms with Crippen LogP contribution in [-0.2, 0) is 13.1 Å². The van der Waals surface area contributed by atoms with Crippen molar-refractivity contribution in [1.82, 2.24) is 30.0 Å². The lowest BCUT2D eigenvalue weighted by Gasteiger charge is -2.40. The van der Waals surface area contributed by atoms with Crippen LogP contribution in [0.4, 0.5) is 0 Å². The molecule has 156 valence electrons. The topological polar surface area (TPSA) is 63.2 Å². The van der Waals surface area contributed by atoms with Gasteiger partial charge in [-0.1, -0.05) is 44.2 Å². The first-order chi connectivity index (χ1) is 13.7. The SMILES string of the molecule is CC(C)C(c1nnnn1Cc1ccccc1)N1CCN(Cc2ccco2)CC1.Cl. The van der Waals surface area contributed by atoms with E-state index in [0.29, 0.717) is 12.5 Å². The molecule has 1 atom stereocenters. The van der Waals surface area contributed by atoms with Gasteiger partial charge in [0, 0.05) is 26.2 Å². The van der Waals surface area contributed by atoms with Gasteiger partial charge in [0.05, 0.1) is 25.4 Å². The van der Waals surface area contributed by atoms with Crippen molar-refractivity contribution in [3.63, 3.8) is 0 Å². The van der Waals surface area contributed by atoms with Crippen molar-refractivity contribution < 1.29 is 4.42 Å². The third-order valence-corrected chi connectivity index (χ3v) is 5.39. The number of nitrogens with zero attached hydrogens (tertiary/aromatic N) is 6. The van der Waals surface area contributed by atoms with Gasteiger partial charge in [0.2, 0.25) is 0 Å². The molecular formula is C21H29ClN6O. The van der Waals surface area contributed by atoms with E-state index in [1.54, 1.807) is 6.26 Å². The maximum absolute atomic E-state index is 5.49. The largest absolute Gasteiger partial charge is 0.468 e. The minimum Gasteiger partial charge on any atom is -0.468 e. The third-order valence-electron chi connectivity index (χ3n) is 5.39. The second kappa shape index (κ2) is 10.0. The van der Waals surface area contributed by atoms with Gasteiger partial charge >= 0.3 is 0 Å². The maximum Gasteiger partial charge on any atom is 0.169 e. The molecule has 0 saturated carbocycles. The van der Waals surface area contributed by atoms with Crippen LogP contribution in [0.5, 0.6) is 0 Å². The Morgan fingerprint density at radius 1 is 0.966 bits per heavy atom. The summed E-state index contributed by atoms with van der Waals surface area (Å²) in [5.74, 6) is 2.41. The van der Waals surface area contributed by atoms with Crippen molar-refractivity contribution in [3.8, 4) is 0 Å². The second-order valence-corrected chi connectivity index (χ2v) is 7.76. The molecular weight excluding hydrogens is 388 g/mol. The number of benzene rings is 1. The summed E-state index contributed by atoms with van der Waals surface area (Å²) in [4.78, 5) is 4.97. The van der Waals surface area contributed by atoms with E-state index in [4.69, 9.17) is 4.42 Å². The molecule has 0 aliphatic carbocycles. The highest BCUT2D eigenvalue weighted by molar-refractivity contribution is 5.85. The molecule has 1 fully saturated rings. The minimum atomic E-state index is 0. The van der Waals surface area contributed by atoms with Crippen LogP contribution in [0, 0.1) is 5.92 Å². The summed E-state index contributed by atoms with van der Waals surface area (Å²) in [6.45, 7) is 10.1. The van der Waals surface area contributed by atoms with Gasteiger partial charge in [-0.2, -0.15) is 0 Å². The first-order valence-electron chi connectivity index (χ1n) is 9.99. The third kappa shape index (κ3) is 5.23. The van der Waals surface area contributed by atoms with E-state index in [1.807, 2.05) is 22.9 Å². The molecule has 1 saturated heterocycles. The summed E-state index contributed by atoms with van der Waals surface area (Å²) in [6, 6.07) is 14.6. The van der Waals surface area contributed by atoms with Crippen LogP contribution in [-0.4, -0.2) is 56.2 Å². The lowest BCUT2D eigenvalue weighted by atomic mass is 10.0. The Labute approximate surface area is 178 Å². The van der Waals surface area contributed by atoms with E-state index in [0.717, 1.165) is 44.3 Å². The van der Waals surface area contributed by atoms with Crippen molar-refractivity contribution in [1.29, 1.82) is 0 Å². The lowest BCUT2D eigenvalue weighted by molar-refractivity contribution is 0.0634. The van der Waals surface area contributed by atoms with Crippen LogP contribution in [0.25, 0.3) is 0 Å².